The molecule has 1 aliphatic heterocycles. The van der Waals surface area contributed by atoms with Crippen LogP contribution < -0.4 is 5.73 Å². The topological polar surface area (TPSA) is 83.6 Å². The van der Waals surface area contributed by atoms with Gasteiger partial charge < -0.3 is 15.7 Å². The van der Waals surface area contributed by atoms with Crippen LogP contribution in [0.2, 0.25) is 0 Å². The van der Waals surface area contributed by atoms with E-state index in [4.69, 9.17) is 10.8 Å². The summed E-state index contributed by atoms with van der Waals surface area (Å²) in [5.41, 5.74) is 5.71. The summed E-state index contributed by atoms with van der Waals surface area (Å²) in [6, 6.07) is 0. The lowest BCUT2D eigenvalue weighted by molar-refractivity contribution is -0.142. The number of carbonyl (C=O) groups is 2. The van der Waals surface area contributed by atoms with Crippen LogP contribution in [0.3, 0.4) is 0 Å². The highest BCUT2D eigenvalue weighted by Gasteiger charge is 2.37. The number of carboxylic acid groups (broad SMARTS) is 1. The van der Waals surface area contributed by atoms with Crippen LogP contribution in [-0.4, -0.2) is 41.5 Å². The zero-order valence-corrected chi connectivity index (χ0v) is 12.1. The van der Waals surface area contributed by atoms with Crippen molar-refractivity contribution in [1.29, 1.82) is 0 Å². The molecular formula is C14H26N2O3. The van der Waals surface area contributed by atoms with Gasteiger partial charge in [-0.3, -0.25) is 9.59 Å². The molecule has 1 heterocycles. The van der Waals surface area contributed by atoms with Gasteiger partial charge in [0.1, 0.15) is 0 Å². The molecule has 19 heavy (non-hydrogen) atoms. The Morgan fingerprint density at radius 1 is 1.37 bits per heavy atom. The first-order valence-electron chi connectivity index (χ1n) is 7.05. The van der Waals surface area contributed by atoms with Crippen LogP contribution >= 0.6 is 0 Å². The molecule has 110 valence electrons. The van der Waals surface area contributed by atoms with Crippen molar-refractivity contribution in [3.05, 3.63) is 0 Å². The van der Waals surface area contributed by atoms with Crippen LogP contribution in [-0.2, 0) is 9.59 Å². The Balaban J connectivity index is 2.52. The third-order valence-electron chi connectivity index (χ3n) is 3.88. The predicted molar refractivity (Wildman–Crippen MR) is 73.5 cm³/mol. The van der Waals surface area contributed by atoms with E-state index in [2.05, 4.69) is 13.8 Å². The van der Waals surface area contributed by atoms with Gasteiger partial charge >= 0.3 is 5.97 Å². The minimum absolute atomic E-state index is 0.0304. The summed E-state index contributed by atoms with van der Waals surface area (Å²) < 4.78 is 0. The van der Waals surface area contributed by atoms with Crippen molar-refractivity contribution in [2.45, 2.75) is 33.6 Å². The van der Waals surface area contributed by atoms with E-state index in [1.165, 1.54) is 0 Å². The Hall–Kier alpha value is -1.10. The van der Waals surface area contributed by atoms with E-state index < -0.39 is 11.9 Å². The fourth-order valence-electron chi connectivity index (χ4n) is 2.80. The summed E-state index contributed by atoms with van der Waals surface area (Å²) >= 11 is 0. The van der Waals surface area contributed by atoms with E-state index >= 15 is 0 Å². The van der Waals surface area contributed by atoms with E-state index in [0.29, 0.717) is 32.0 Å². The Kier molecular flexibility index (Phi) is 5.79. The number of carbonyl (C=O) groups excluding carboxylic acids is 1. The molecule has 0 aromatic heterocycles. The van der Waals surface area contributed by atoms with Gasteiger partial charge in [-0.15, -0.1) is 0 Å². The molecule has 1 rings (SSSR count). The van der Waals surface area contributed by atoms with E-state index in [9.17, 15) is 9.59 Å². The van der Waals surface area contributed by atoms with Crippen LogP contribution in [0.25, 0.3) is 0 Å². The van der Waals surface area contributed by atoms with Gasteiger partial charge in [0.05, 0.1) is 5.92 Å². The van der Waals surface area contributed by atoms with E-state index in [1.807, 2.05) is 6.92 Å². The van der Waals surface area contributed by atoms with Crippen molar-refractivity contribution in [1.82, 2.24) is 4.90 Å². The first-order valence-corrected chi connectivity index (χ1v) is 7.05. The normalized spacial score (nSPS) is 24.8. The van der Waals surface area contributed by atoms with Crippen LogP contribution in [0.15, 0.2) is 0 Å². The molecule has 0 saturated carbocycles. The van der Waals surface area contributed by atoms with E-state index in [-0.39, 0.29) is 17.7 Å². The second kappa shape index (κ2) is 6.89. The number of carboxylic acids is 1. The van der Waals surface area contributed by atoms with Crippen LogP contribution in [0.5, 0.6) is 0 Å². The summed E-state index contributed by atoms with van der Waals surface area (Å²) in [4.78, 5) is 24.9. The molecule has 1 amide bonds. The maximum atomic E-state index is 12.2. The molecular weight excluding hydrogens is 244 g/mol. The predicted octanol–water partition coefficient (Wildman–Crippen LogP) is 1.18. The minimum atomic E-state index is -0.805. The molecule has 0 aromatic carbocycles. The molecule has 0 aliphatic carbocycles. The number of rotatable bonds is 6. The molecule has 5 heteroatoms. The molecule has 1 saturated heterocycles. The lowest BCUT2D eigenvalue weighted by Crippen LogP contribution is -2.33. The molecule has 1 unspecified atom stereocenters. The highest BCUT2D eigenvalue weighted by Crippen LogP contribution is 2.25. The first-order chi connectivity index (χ1) is 8.85. The van der Waals surface area contributed by atoms with Crippen molar-refractivity contribution in [2.75, 3.05) is 19.6 Å². The number of nitrogens with two attached hydrogens (primary N) is 1. The zero-order chi connectivity index (χ0) is 14.6. The molecule has 0 aromatic rings. The summed E-state index contributed by atoms with van der Waals surface area (Å²) in [7, 11) is 0. The van der Waals surface area contributed by atoms with E-state index in [0.717, 1.165) is 6.42 Å². The Morgan fingerprint density at radius 2 is 2.00 bits per heavy atom. The maximum Gasteiger partial charge on any atom is 0.308 e. The summed E-state index contributed by atoms with van der Waals surface area (Å²) in [6.45, 7) is 7.52. The van der Waals surface area contributed by atoms with E-state index in [1.54, 1.807) is 4.90 Å². The number of amides is 1. The highest BCUT2D eigenvalue weighted by molar-refractivity contribution is 5.79. The largest absolute Gasteiger partial charge is 0.481 e. The fourth-order valence-corrected chi connectivity index (χ4v) is 2.80. The van der Waals surface area contributed by atoms with Crippen molar-refractivity contribution in [3.63, 3.8) is 0 Å². The molecule has 5 nitrogen and oxygen atoms in total. The van der Waals surface area contributed by atoms with Gasteiger partial charge in [-0.25, -0.2) is 0 Å². The third-order valence-corrected chi connectivity index (χ3v) is 3.88. The van der Waals surface area contributed by atoms with Crippen molar-refractivity contribution >= 4 is 11.9 Å². The van der Waals surface area contributed by atoms with Crippen molar-refractivity contribution < 1.29 is 14.7 Å². The number of hydrogen-bond acceptors (Lipinski definition) is 3. The zero-order valence-electron chi connectivity index (χ0n) is 12.1. The van der Waals surface area contributed by atoms with Gasteiger partial charge in [0.2, 0.25) is 5.91 Å². The summed E-state index contributed by atoms with van der Waals surface area (Å²) in [5, 5.41) is 9.07. The lowest BCUT2D eigenvalue weighted by atomic mass is 9.94. The van der Waals surface area contributed by atoms with Gasteiger partial charge in [0.25, 0.3) is 0 Å². The van der Waals surface area contributed by atoms with Crippen molar-refractivity contribution in [3.8, 4) is 0 Å². The SMILES string of the molecule is CC(C)CC(CN)CC(=O)N1C[C@@H](C)[C@H](C(=O)O)C1. The number of aliphatic carboxylic acids is 1. The smallest absolute Gasteiger partial charge is 0.308 e. The average molecular weight is 270 g/mol. The van der Waals surface area contributed by atoms with Gasteiger partial charge in [0, 0.05) is 19.5 Å². The third kappa shape index (κ3) is 4.49. The fraction of sp³-hybridized carbons (Fsp3) is 0.857. The Labute approximate surface area is 115 Å². The van der Waals surface area contributed by atoms with Gasteiger partial charge in [-0.1, -0.05) is 20.8 Å². The van der Waals surface area contributed by atoms with Crippen LogP contribution in [0.1, 0.15) is 33.6 Å². The Bertz CT molecular complexity index is 331. The summed E-state index contributed by atoms with van der Waals surface area (Å²) in [6.07, 6.45) is 1.38. The van der Waals surface area contributed by atoms with Gasteiger partial charge in [-0.05, 0) is 30.7 Å². The molecule has 1 fully saturated rings. The Morgan fingerprint density at radius 3 is 2.42 bits per heavy atom. The molecule has 1 aliphatic rings. The first kappa shape index (κ1) is 16.0. The number of nitrogens with zero attached hydrogens (tertiary/aromatic N) is 1. The number of hydrogen-bond donors (Lipinski definition) is 2. The number of likely N-dealkylation sites (tertiary alicyclic amines) is 1. The average Bonchev–Trinajstić information content (AvgIpc) is 2.70. The second-order valence-corrected chi connectivity index (χ2v) is 6.16. The maximum absolute atomic E-state index is 12.2. The molecule has 0 bridgehead atoms. The second-order valence-electron chi connectivity index (χ2n) is 6.16. The van der Waals surface area contributed by atoms with Crippen LogP contribution in [0, 0.1) is 23.7 Å². The molecule has 3 N–H and O–H groups in total. The molecule has 0 spiro atoms. The summed E-state index contributed by atoms with van der Waals surface area (Å²) in [5.74, 6) is -0.433. The highest BCUT2D eigenvalue weighted by atomic mass is 16.4. The van der Waals surface area contributed by atoms with Gasteiger partial charge in [-0.2, -0.15) is 0 Å². The monoisotopic (exact) mass is 270 g/mol. The molecule has 3 atom stereocenters. The molecule has 0 radical (unpaired) electrons. The van der Waals surface area contributed by atoms with Crippen LogP contribution in [0.4, 0.5) is 0 Å². The minimum Gasteiger partial charge on any atom is -0.481 e. The van der Waals surface area contributed by atoms with Crippen molar-refractivity contribution in [2.24, 2.45) is 29.4 Å². The van der Waals surface area contributed by atoms with Gasteiger partial charge in [0.15, 0.2) is 0 Å². The standard InChI is InChI=1S/C14H26N2O3/c1-9(2)4-11(6-15)5-13(17)16-7-10(3)12(8-16)14(18)19/h9-12H,4-8,15H2,1-3H3,(H,18,19)/t10-,11?,12-/m1/s1. The lowest BCUT2D eigenvalue weighted by Gasteiger charge is -2.21. The quantitative estimate of drug-likeness (QED) is 0.759.